The third kappa shape index (κ3) is 3.52. The van der Waals surface area contributed by atoms with Gasteiger partial charge in [-0.25, -0.2) is 8.42 Å². The lowest BCUT2D eigenvalue weighted by Crippen LogP contribution is -2.52. The molecule has 124 valence electrons. The zero-order chi connectivity index (χ0) is 15.6. The lowest BCUT2D eigenvalue weighted by atomic mass is 10.2. The topological polar surface area (TPSA) is 102 Å². The molecule has 1 aliphatic rings. The number of piperazine rings is 1. The van der Waals surface area contributed by atoms with Crippen LogP contribution in [-0.4, -0.2) is 51.4 Å². The van der Waals surface area contributed by atoms with E-state index in [0.717, 1.165) is 0 Å². The molecule has 0 unspecified atom stereocenters. The van der Waals surface area contributed by atoms with Crippen LogP contribution in [0.2, 0.25) is 0 Å². The Morgan fingerprint density at radius 1 is 1.45 bits per heavy atom. The van der Waals surface area contributed by atoms with Gasteiger partial charge in [0.25, 0.3) is 5.91 Å². The van der Waals surface area contributed by atoms with Crippen LogP contribution >= 0.6 is 12.4 Å². The molecule has 1 aliphatic heterocycles. The Kier molecular flexibility index (Phi) is 6.18. The highest BCUT2D eigenvalue weighted by atomic mass is 35.5. The third-order valence-electron chi connectivity index (χ3n) is 3.48. The minimum atomic E-state index is -3.66. The second-order valence-corrected chi connectivity index (χ2v) is 6.79. The Morgan fingerprint density at radius 2 is 2.14 bits per heavy atom. The molecule has 0 spiro atoms. The van der Waals surface area contributed by atoms with Gasteiger partial charge in [-0.15, -0.1) is 12.4 Å². The first-order valence-electron chi connectivity index (χ1n) is 6.58. The fourth-order valence-electron chi connectivity index (χ4n) is 2.35. The fraction of sp³-hybridized carbons (Fsp3) is 0.462. The van der Waals surface area contributed by atoms with Gasteiger partial charge in [0.2, 0.25) is 10.0 Å². The van der Waals surface area contributed by atoms with E-state index in [4.69, 9.17) is 10.5 Å². The molecular weight excluding hydrogens is 330 g/mol. The fourth-order valence-corrected chi connectivity index (χ4v) is 4.01. The average molecular weight is 350 g/mol. The minimum absolute atomic E-state index is 0. The molecule has 1 amide bonds. The number of hydrogen-bond donors (Lipinski definition) is 2. The van der Waals surface area contributed by atoms with Gasteiger partial charge in [-0.2, -0.15) is 4.31 Å². The molecule has 7 nitrogen and oxygen atoms in total. The number of carbonyl (C=O) groups excluding carboxylic acids is 1. The van der Waals surface area contributed by atoms with Crippen molar-refractivity contribution in [3.63, 3.8) is 0 Å². The monoisotopic (exact) mass is 349 g/mol. The van der Waals surface area contributed by atoms with Crippen LogP contribution in [0, 0.1) is 0 Å². The number of ether oxygens (including phenoxy) is 1. The highest BCUT2D eigenvalue weighted by molar-refractivity contribution is 7.89. The maximum absolute atomic E-state index is 12.7. The van der Waals surface area contributed by atoms with Crippen LogP contribution in [0.1, 0.15) is 17.3 Å². The summed E-state index contributed by atoms with van der Waals surface area (Å²) < 4.78 is 31.8. The Labute approximate surface area is 136 Å². The molecule has 9 heteroatoms. The first-order valence-corrected chi connectivity index (χ1v) is 8.02. The van der Waals surface area contributed by atoms with Crippen molar-refractivity contribution >= 4 is 28.3 Å². The number of nitrogens with one attached hydrogen (secondary N) is 1. The zero-order valence-corrected chi connectivity index (χ0v) is 14.0. The highest BCUT2D eigenvalue weighted by Gasteiger charge is 2.31. The second-order valence-electron chi connectivity index (χ2n) is 4.90. The second kappa shape index (κ2) is 7.28. The Balaban J connectivity index is 0.00000242. The van der Waals surface area contributed by atoms with Gasteiger partial charge in [0, 0.05) is 25.7 Å². The average Bonchev–Trinajstić information content (AvgIpc) is 2.46. The summed E-state index contributed by atoms with van der Waals surface area (Å²) in [4.78, 5) is 11.5. The Hall–Kier alpha value is -1.35. The molecule has 1 atom stereocenters. The van der Waals surface area contributed by atoms with Crippen molar-refractivity contribution in [1.29, 1.82) is 0 Å². The molecule has 0 bridgehead atoms. The van der Waals surface area contributed by atoms with E-state index >= 15 is 0 Å². The van der Waals surface area contributed by atoms with Crippen molar-refractivity contribution < 1.29 is 17.9 Å². The molecule has 0 radical (unpaired) electrons. The molecule has 1 aromatic rings. The summed E-state index contributed by atoms with van der Waals surface area (Å²) >= 11 is 0. The van der Waals surface area contributed by atoms with Crippen molar-refractivity contribution in [3.8, 4) is 5.75 Å². The van der Waals surface area contributed by atoms with E-state index in [1.165, 1.54) is 29.6 Å². The lowest BCUT2D eigenvalue weighted by Gasteiger charge is -2.32. The van der Waals surface area contributed by atoms with Crippen molar-refractivity contribution in [1.82, 2.24) is 9.62 Å². The van der Waals surface area contributed by atoms with Crippen molar-refractivity contribution in [2.75, 3.05) is 26.7 Å². The van der Waals surface area contributed by atoms with Crippen molar-refractivity contribution in [3.05, 3.63) is 23.8 Å². The van der Waals surface area contributed by atoms with Gasteiger partial charge in [0.15, 0.2) is 0 Å². The predicted octanol–water partition coefficient (Wildman–Crippen LogP) is 0.198. The van der Waals surface area contributed by atoms with Crippen LogP contribution in [0.4, 0.5) is 0 Å². The molecule has 0 saturated carbocycles. The Morgan fingerprint density at radius 3 is 2.68 bits per heavy atom. The third-order valence-corrected chi connectivity index (χ3v) is 5.49. The first kappa shape index (κ1) is 18.7. The summed E-state index contributed by atoms with van der Waals surface area (Å²) in [5.74, 6) is -0.466. The molecule has 22 heavy (non-hydrogen) atoms. The highest BCUT2D eigenvalue weighted by Crippen LogP contribution is 2.25. The number of amides is 1. The van der Waals surface area contributed by atoms with E-state index < -0.39 is 15.9 Å². The van der Waals surface area contributed by atoms with Crippen LogP contribution in [0.3, 0.4) is 0 Å². The predicted molar refractivity (Wildman–Crippen MR) is 85.0 cm³/mol. The van der Waals surface area contributed by atoms with Gasteiger partial charge in [0.1, 0.15) is 5.75 Å². The van der Waals surface area contributed by atoms with Gasteiger partial charge < -0.3 is 15.8 Å². The van der Waals surface area contributed by atoms with Crippen molar-refractivity contribution in [2.24, 2.45) is 5.73 Å². The summed E-state index contributed by atoms with van der Waals surface area (Å²) in [6.45, 7) is 3.42. The van der Waals surface area contributed by atoms with Gasteiger partial charge in [-0.3, -0.25) is 4.79 Å². The molecule has 0 aliphatic carbocycles. The maximum Gasteiger partial charge on any atom is 0.252 e. The van der Waals surface area contributed by atoms with Crippen LogP contribution in [-0.2, 0) is 10.0 Å². The summed E-state index contributed by atoms with van der Waals surface area (Å²) in [6, 6.07) is 3.99. The minimum Gasteiger partial charge on any atom is -0.496 e. The molecule has 2 rings (SSSR count). The molecule has 1 heterocycles. The van der Waals surface area contributed by atoms with Crippen LogP contribution in [0.25, 0.3) is 0 Å². The number of nitrogens with two attached hydrogens (primary N) is 1. The van der Waals surface area contributed by atoms with Gasteiger partial charge in [-0.05, 0) is 25.1 Å². The van der Waals surface area contributed by atoms with E-state index in [2.05, 4.69) is 5.32 Å². The first-order chi connectivity index (χ1) is 9.87. The molecule has 3 N–H and O–H groups in total. The number of hydrogen-bond acceptors (Lipinski definition) is 5. The van der Waals surface area contributed by atoms with Gasteiger partial charge >= 0.3 is 0 Å². The molecule has 1 fully saturated rings. The van der Waals surface area contributed by atoms with Crippen LogP contribution in [0.15, 0.2) is 23.1 Å². The molecule has 1 aromatic carbocycles. The van der Waals surface area contributed by atoms with Gasteiger partial charge in [0.05, 0.1) is 17.6 Å². The summed E-state index contributed by atoms with van der Waals surface area (Å²) in [5.41, 5.74) is 5.33. The largest absolute Gasteiger partial charge is 0.496 e. The van der Waals surface area contributed by atoms with E-state index in [9.17, 15) is 13.2 Å². The molecule has 0 aromatic heterocycles. The summed E-state index contributed by atoms with van der Waals surface area (Å²) in [5, 5.41) is 3.14. The van der Waals surface area contributed by atoms with E-state index in [1.54, 1.807) is 0 Å². The lowest BCUT2D eigenvalue weighted by molar-refractivity contribution is 0.0997. The summed E-state index contributed by atoms with van der Waals surface area (Å²) in [7, 11) is -2.27. The normalized spacial score (nSPS) is 19.3. The van der Waals surface area contributed by atoms with Crippen LogP contribution in [0.5, 0.6) is 5.75 Å². The maximum atomic E-state index is 12.7. The smallest absolute Gasteiger partial charge is 0.252 e. The van der Waals surface area contributed by atoms with Crippen molar-refractivity contribution in [2.45, 2.75) is 17.9 Å². The SMILES string of the molecule is COc1ccc(S(=O)(=O)N2CCNC[C@H]2C)cc1C(N)=O.Cl. The van der Waals surface area contributed by atoms with Crippen LogP contribution < -0.4 is 15.8 Å². The number of methoxy groups -OCH3 is 1. The Bertz CT molecular complexity index is 651. The molecular formula is C13H20ClN3O4S. The van der Waals surface area contributed by atoms with Gasteiger partial charge in [-0.1, -0.05) is 0 Å². The molecule has 1 saturated heterocycles. The van der Waals surface area contributed by atoms with E-state index in [1.807, 2.05) is 6.92 Å². The number of nitrogens with zero attached hydrogens (tertiary/aromatic N) is 1. The zero-order valence-electron chi connectivity index (χ0n) is 12.4. The number of carbonyl (C=O) groups is 1. The standard InChI is InChI=1S/C13H19N3O4S.ClH/c1-9-8-15-5-6-16(9)21(18,19)10-3-4-12(20-2)11(7-10)13(14)17;/h3-4,7,9,15H,5-6,8H2,1-2H3,(H2,14,17);1H/t9-;/m1./s1. The number of primary amides is 1. The number of halogens is 1. The summed E-state index contributed by atoms with van der Waals surface area (Å²) in [6.07, 6.45) is 0. The quantitative estimate of drug-likeness (QED) is 0.808. The van der Waals surface area contributed by atoms with E-state index in [0.29, 0.717) is 19.6 Å². The number of benzene rings is 1. The van der Waals surface area contributed by atoms with E-state index in [-0.39, 0.29) is 34.7 Å². The number of sulfonamides is 1. The number of rotatable bonds is 4.